The molecule has 1 aliphatic rings. The number of nitro groups is 2. The van der Waals surface area contributed by atoms with Crippen molar-refractivity contribution < 1.29 is 18.8 Å². The van der Waals surface area contributed by atoms with Crippen LogP contribution in [0, 0.1) is 26.0 Å². The lowest BCUT2D eigenvalue weighted by Gasteiger charge is -2.32. The van der Waals surface area contributed by atoms with Crippen molar-refractivity contribution in [3.05, 3.63) is 74.4 Å². The minimum atomic E-state index is -0.665. The molecule has 1 aliphatic heterocycles. The predicted molar refractivity (Wildman–Crippen MR) is 104 cm³/mol. The van der Waals surface area contributed by atoms with Gasteiger partial charge in [-0.15, -0.1) is 0 Å². The van der Waals surface area contributed by atoms with Gasteiger partial charge in [0.05, 0.1) is 21.8 Å². The fraction of sp³-hybridized carbons (Fsp3) is 0.263. The number of nitrogens with zero attached hydrogens (tertiary/aromatic N) is 5. The van der Waals surface area contributed by atoms with Gasteiger partial charge in [-0.05, 0) is 31.0 Å². The molecule has 0 spiro atoms. The number of piperidine rings is 1. The maximum atomic E-state index is 13.4. The Morgan fingerprint density at radius 2 is 1.97 bits per heavy atom. The number of aromatic nitrogens is 2. The van der Waals surface area contributed by atoms with E-state index < -0.39 is 15.7 Å². The van der Waals surface area contributed by atoms with Crippen molar-refractivity contribution in [1.29, 1.82) is 0 Å². The summed E-state index contributed by atoms with van der Waals surface area (Å²) in [4.78, 5) is 27.3. The molecule has 0 radical (unpaired) electrons. The Balaban J connectivity index is 1.59. The maximum absolute atomic E-state index is 13.4. The summed E-state index contributed by atoms with van der Waals surface area (Å²) < 4.78 is 18.8. The molecule has 4 rings (SSSR count). The molecule has 1 aromatic heterocycles. The van der Waals surface area contributed by atoms with Crippen LogP contribution < -0.4 is 4.90 Å². The number of hydrogen-bond donors (Lipinski definition) is 0. The summed E-state index contributed by atoms with van der Waals surface area (Å²) in [6.45, 7) is 0.934. The van der Waals surface area contributed by atoms with Crippen LogP contribution >= 0.6 is 0 Å². The second-order valence-electron chi connectivity index (χ2n) is 6.94. The van der Waals surface area contributed by atoms with Crippen molar-refractivity contribution in [3.8, 4) is 11.4 Å². The second kappa shape index (κ2) is 7.85. The second-order valence-corrected chi connectivity index (χ2v) is 6.94. The van der Waals surface area contributed by atoms with Crippen LogP contribution in [0.3, 0.4) is 0 Å². The van der Waals surface area contributed by atoms with Gasteiger partial charge >= 0.3 is 0 Å². The fourth-order valence-electron chi connectivity index (χ4n) is 3.58. The van der Waals surface area contributed by atoms with Crippen molar-refractivity contribution >= 4 is 17.1 Å². The Hall–Kier alpha value is -3.89. The van der Waals surface area contributed by atoms with Crippen LogP contribution in [-0.4, -0.2) is 33.1 Å². The topological polar surface area (TPSA) is 128 Å². The average molecular weight is 413 g/mol. The van der Waals surface area contributed by atoms with E-state index >= 15 is 0 Å². The van der Waals surface area contributed by atoms with Gasteiger partial charge in [0.25, 0.3) is 11.4 Å². The molecule has 2 aromatic carbocycles. The zero-order valence-electron chi connectivity index (χ0n) is 15.6. The van der Waals surface area contributed by atoms with Gasteiger partial charge in [0, 0.05) is 24.7 Å². The summed E-state index contributed by atoms with van der Waals surface area (Å²) >= 11 is 0. The van der Waals surface area contributed by atoms with Crippen molar-refractivity contribution in [2.75, 3.05) is 18.0 Å². The van der Waals surface area contributed by atoms with E-state index in [2.05, 4.69) is 10.1 Å². The molecule has 3 aromatic rings. The Morgan fingerprint density at radius 3 is 2.70 bits per heavy atom. The van der Waals surface area contributed by atoms with E-state index in [1.165, 1.54) is 24.3 Å². The SMILES string of the molecule is O=[N+]([O-])c1ccc(N2CCC[C@H](c3nc(-c4cccc(F)c4)no3)C2)c([N+](=O)[O-])c1. The van der Waals surface area contributed by atoms with Crippen LogP contribution in [0.2, 0.25) is 0 Å². The fourth-order valence-corrected chi connectivity index (χ4v) is 3.58. The van der Waals surface area contributed by atoms with E-state index in [4.69, 9.17) is 4.52 Å². The Kier molecular flexibility index (Phi) is 5.09. The first-order chi connectivity index (χ1) is 14.4. The van der Waals surface area contributed by atoms with Crippen LogP contribution in [-0.2, 0) is 0 Å². The summed E-state index contributed by atoms with van der Waals surface area (Å²) in [5.74, 6) is 0.0444. The highest BCUT2D eigenvalue weighted by molar-refractivity contribution is 5.67. The summed E-state index contributed by atoms with van der Waals surface area (Å²) in [5, 5.41) is 26.3. The molecule has 30 heavy (non-hydrogen) atoms. The summed E-state index contributed by atoms with van der Waals surface area (Å²) in [6.07, 6.45) is 1.46. The predicted octanol–water partition coefficient (Wildman–Crippen LogP) is 4.08. The molecule has 0 aliphatic carbocycles. The van der Waals surface area contributed by atoms with Gasteiger partial charge in [-0.3, -0.25) is 20.2 Å². The first kappa shape index (κ1) is 19.4. The van der Waals surface area contributed by atoms with E-state index in [0.717, 1.165) is 18.9 Å². The molecule has 0 saturated carbocycles. The molecule has 10 nitrogen and oxygen atoms in total. The maximum Gasteiger partial charge on any atom is 0.299 e. The number of anilines is 1. The molecule has 0 unspecified atom stereocenters. The van der Waals surface area contributed by atoms with Crippen LogP contribution in [0.4, 0.5) is 21.5 Å². The third-order valence-corrected chi connectivity index (χ3v) is 5.00. The van der Waals surface area contributed by atoms with Crippen molar-refractivity contribution in [2.45, 2.75) is 18.8 Å². The highest BCUT2D eigenvalue weighted by Gasteiger charge is 2.30. The zero-order valence-corrected chi connectivity index (χ0v) is 15.6. The molecular formula is C19H16FN5O5. The van der Waals surface area contributed by atoms with Crippen LogP contribution in [0.25, 0.3) is 11.4 Å². The van der Waals surface area contributed by atoms with Gasteiger partial charge in [0.1, 0.15) is 11.5 Å². The molecule has 154 valence electrons. The zero-order chi connectivity index (χ0) is 21.3. The standard InChI is InChI=1S/C19H16FN5O5/c20-14-5-1-3-12(9-14)18-21-19(30-22-18)13-4-2-8-23(11-13)16-7-6-15(24(26)27)10-17(16)25(28)29/h1,3,5-7,9-10,13H,2,4,8,11H2/t13-/m0/s1. The molecular weight excluding hydrogens is 397 g/mol. The number of nitro benzene ring substituents is 2. The lowest BCUT2D eigenvalue weighted by Crippen LogP contribution is -2.34. The highest BCUT2D eigenvalue weighted by Crippen LogP contribution is 2.36. The molecule has 1 saturated heterocycles. The highest BCUT2D eigenvalue weighted by atomic mass is 19.1. The van der Waals surface area contributed by atoms with E-state index in [1.807, 2.05) is 0 Å². The van der Waals surface area contributed by atoms with Gasteiger partial charge < -0.3 is 9.42 Å². The normalized spacial score (nSPS) is 16.4. The molecule has 0 N–H and O–H groups in total. The van der Waals surface area contributed by atoms with E-state index in [1.54, 1.807) is 17.0 Å². The van der Waals surface area contributed by atoms with Crippen molar-refractivity contribution in [1.82, 2.24) is 10.1 Å². The summed E-state index contributed by atoms with van der Waals surface area (Å²) in [5.41, 5.74) is 0.135. The largest absolute Gasteiger partial charge is 0.365 e. The van der Waals surface area contributed by atoms with Crippen molar-refractivity contribution in [2.24, 2.45) is 0 Å². The minimum Gasteiger partial charge on any atom is -0.365 e. The van der Waals surface area contributed by atoms with Gasteiger partial charge in [-0.1, -0.05) is 17.3 Å². The summed E-state index contributed by atoms with van der Waals surface area (Å²) in [6, 6.07) is 9.46. The quantitative estimate of drug-likeness (QED) is 0.452. The first-order valence-corrected chi connectivity index (χ1v) is 9.19. The molecule has 11 heteroatoms. The van der Waals surface area contributed by atoms with E-state index in [-0.39, 0.29) is 23.1 Å². The van der Waals surface area contributed by atoms with Gasteiger partial charge in [0.15, 0.2) is 0 Å². The molecule has 0 amide bonds. The lowest BCUT2D eigenvalue weighted by molar-refractivity contribution is -0.393. The van der Waals surface area contributed by atoms with Gasteiger partial charge in [-0.25, -0.2) is 4.39 Å². The van der Waals surface area contributed by atoms with Gasteiger partial charge in [-0.2, -0.15) is 4.98 Å². The Bertz CT molecular complexity index is 1120. The monoisotopic (exact) mass is 413 g/mol. The average Bonchev–Trinajstić information content (AvgIpc) is 3.24. The van der Waals surface area contributed by atoms with Crippen LogP contribution in [0.5, 0.6) is 0 Å². The summed E-state index contributed by atoms with van der Waals surface area (Å²) in [7, 11) is 0. The van der Waals surface area contributed by atoms with Crippen LogP contribution in [0.15, 0.2) is 47.0 Å². The van der Waals surface area contributed by atoms with Crippen LogP contribution in [0.1, 0.15) is 24.7 Å². The number of rotatable bonds is 5. The smallest absolute Gasteiger partial charge is 0.299 e. The third-order valence-electron chi connectivity index (χ3n) is 5.00. The first-order valence-electron chi connectivity index (χ1n) is 9.19. The number of non-ortho nitro benzene ring substituents is 1. The number of halogens is 1. The van der Waals surface area contributed by atoms with Crippen molar-refractivity contribution in [3.63, 3.8) is 0 Å². The molecule has 1 atom stereocenters. The Labute approximate surface area is 169 Å². The van der Waals surface area contributed by atoms with E-state index in [0.29, 0.717) is 30.2 Å². The number of hydrogen-bond acceptors (Lipinski definition) is 8. The minimum absolute atomic E-state index is 0.177. The lowest BCUT2D eigenvalue weighted by atomic mass is 9.97. The Morgan fingerprint density at radius 1 is 1.13 bits per heavy atom. The molecule has 1 fully saturated rings. The molecule has 0 bridgehead atoms. The number of benzene rings is 2. The molecule has 2 heterocycles. The van der Waals surface area contributed by atoms with Gasteiger partial charge in [0.2, 0.25) is 11.7 Å². The third kappa shape index (κ3) is 3.81. The van der Waals surface area contributed by atoms with E-state index in [9.17, 15) is 24.6 Å².